The minimum atomic E-state index is -0.945. The van der Waals surface area contributed by atoms with Gasteiger partial charge in [0, 0.05) is 31.1 Å². The van der Waals surface area contributed by atoms with Gasteiger partial charge in [0.1, 0.15) is 6.10 Å². The van der Waals surface area contributed by atoms with Gasteiger partial charge in [-0.25, -0.2) is 0 Å². The summed E-state index contributed by atoms with van der Waals surface area (Å²) in [5, 5.41) is 23.3. The second kappa shape index (κ2) is 7.11. The highest BCUT2D eigenvalue weighted by molar-refractivity contribution is 5.77. The van der Waals surface area contributed by atoms with E-state index in [1.807, 2.05) is 11.0 Å². The minimum Gasteiger partial charge on any atom is -0.504 e. The van der Waals surface area contributed by atoms with Gasteiger partial charge in [0.05, 0.1) is 17.6 Å². The molecule has 1 aromatic rings. The molecule has 6 nitrogen and oxygen atoms in total. The molecule has 1 amide bonds. The lowest BCUT2D eigenvalue weighted by atomic mass is 9.52. The first-order chi connectivity index (χ1) is 16.0. The van der Waals surface area contributed by atoms with E-state index in [0.717, 1.165) is 50.3 Å². The number of nitrogens with zero attached hydrogens (tertiary/aromatic N) is 2. The summed E-state index contributed by atoms with van der Waals surface area (Å²) in [6.45, 7) is 3.13. The highest BCUT2D eigenvalue weighted by atomic mass is 16.5. The summed E-state index contributed by atoms with van der Waals surface area (Å²) in [5.41, 5.74) is 0.773. The number of phenolic OH excluding ortho intramolecular Hbond substituents is 1. The molecule has 0 aromatic heterocycles. The second-order valence-corrected chi connectivity index (χ2v) is 11.8. The third kappa shape index (κ3) is 2.83. The zero-order chi connectivity index (χ0) is 22.4. The third-order valence-electron chi connectivity index (χ3n) is 10.1. The van der Waals surface area contributed by atoms with Crippen LogP contribution in [-0.2, 0) is 16.6 Å². The number of hydrogen-bond donors (Lipinski definition) is 2. The summed E-state index contributed by atoms with van der Waals surface area (Å²) in [6, 6.07) is 3.85. The molecule has 6 heteroatoms. The van der Waals surface area contributed by atoms with Crippen molar-refractivity contribution in [2.75, 3.05) is 26.2 Å². The highest BCUT2D eigenvalue weighted by Crippen LogP contribution is 2.63. The second-order valence-electron chi connectivity index (χ2n) is 11.8. The van der Waals surface area contributed by atoms with Gasteiger partial charge in [-0.15, -0.1) is 0 Å². The Labute approximate surface area is 195 Å². The number of phenols is 1. The quantitative estimate of drug-likeness (QED) is 0.735. The van der Waals surface area contributed by atoms with Gasteiger partial charge in [0.25, 0.3) is 0 Å². The Bertz CT molecular complexity index is 987. The summed E-state index contributed by atoms with van der Waals surface area (Å²) in [5.74, 6) is 2.23. The first kappa shape index (κ1) is 20.6. The lowest BCUT2D eigenvalue weighted by Crippen LogP contribution is -2.74. The number of likely N-dealkylation sites (tertiary alicyclic amines) is 2. The number of hydrogen-bond acceptors (Lipinski definition) is 5. The molecular weight excluding hydrogens is 416 g/mol. The highest BCUT2D eigenvalue weighted by Gasteiger charge is 2.71. The Morgan fingerprint density at radius 3 is 2.70 bits per heavy atom. The van der Waals surface area contributed by atoms with Gasteiger partial charge >= 0.3 is 0 Å². The van der Waals surface area contributed by atoms with Crippen molar-refractivity contribution in [1.29, 1.82) is 0 Å². The van der Waals surface area contributed by atoms with Crippen LogP contribution in [0.25, 0.3) is 0 Å². The number of benzene rings is 1. The molecule has 1 spiro atoms. The van der Waals surface area contributed by atoms with Gasteiger partial charge in [0.15, 0.2) is 11.5 Å². The molecule has 1 aromatic carbocycles. The fourth-order valence-electron chi connectivity index (χ4n) is 8.22. The van der Waals surface area contributed by atoms with E-state index in [0.29, 0.717) is 37.6 Å². The average molecular weight is 453 g/mol. The number of piperidine rings is 1. The zero-order valence-corrected chi connectivity index (χ0v) is 19.5. The molecule has 0 unspecified atom stereocenters. The van der Waals surface area contributed by atoms with Crippen LogP contribution in [0.1, 0.15) is 68.9 Å². The fourth-order valence-corrected chi connectivity index (χ4v) is 8.22. The van der Waals surface area contributed by atoms with Crippen LogP contribution in [0, 0.1) is 11.8 Å². The molecule has 2 bridgehead atoms. The molecule has 33 heavy (non-hydrogen) atoms. The molecule has 3 aliphatic heterocycles. The molecule has 2 saturated carbocycles. The van der Waals surface area contributed by atoms with Crippen LogP contribution >= 0.6 is 0 Å². The van der Waals surface area contributed by atoms with Crippen molar-refractivity contribution in [2.45, 2.75) is 87.4 Å². The number of carbonyl (C=O) groups is 1. The molecule has 2 N–H and O–H groups in total. The van der Waals surface area contributed by atoms with Gasteiger partial charge in [-0.05, 0) is 75.0 Å². The Morgan fingerprint density at radius 2 is 1.91 bits per heavy atom. The number of aromatic hydroxyl groups is 1. The molecule has 3 heterocycles. The smallest absolute Gasteiger partial charge is 0.222 e. The van der Waals surface area contributed by atoms with Gasteiger partial charge in [-0.3, -0.25) is 9.69 Å². The van der Waals surface area contributed by atoms with E-state index in [1.54, 1.807) is 6.07 Å². The minimum absolute atomic E-state index is 0.0471. The lowest BCUT2D eigenvalue weighted by molar-refractivity contribution is -0.162. The normalized spacial score (nSPS) is 37.5. The predicted octanol–water partition coefficient (Wildman–Crippen LogP) is 2.98. The van der Waals surface area contributed by atoms with Crippen LogP contribution in [0.15, 0.2) is 12.1 Å². The van der Waals surface area contributed by atoms with Crippen molar-refractivity contribution in [3.05, 3.63) is 23.3 Å². The summed E-state index contributed by atoms with van der Waals surface area (Å²) in [4.78, 5) is 17.9. The molecular formula is C27H36N2O4. The van der Waals surface area contributed by atoms with Gasteiger partial charge in [-0.1, -0.05) is 18.9 Å². The largest absolute Gasteiger partial charge is 0.504 e. The Hall–Kier alpha value is -1.79. The van der Waals surface area contributed by atoms with Crippen LogP contribution < -0.4 is 4.74 Å². The van der Waals surface area contributed by atoms with Crippen molar-refractivity contribution >= 4 is 5.91 Å². The van der Waals surface area contributed by atoms with Crippen molar-refractivity contribution in [3.63, 3.8) is 0 Å². The van der Waals surface area contributed by atoms with Gasteiger partial charge in [-0.2, -0.15) is 0 Å². The van der Waals surface area contributed by atoms with Gasteiger partial charge < -0.3 is 19.8 Å². The summed E-state index contributed by atoms with van der Waals surface area (Å²) in [7, 11) is 0. The Balaban J connectivity index is 1.28. The molecule has 7 rings (SSSR count). The summed E-state index contributed by atoms with van der Waals surface area (Å²) >= 11 is 0. The number of amides is 1. The number of carbonyl (C=O) groups excluding carboxylic acids is 1. The maximum atomic E-state index is 13.4. The van der Waals surface area contributed by atoms with E-state index < -0.39 is 11.0 Å². The molecule has 2 saturated heterocycles. The maximum absolute atomic E-state index is 13.4. The van der Waals surface area contributed by atoms with Crippen molar-refractivity contribution in [2.24, 2.45) is 11.8 Å². The Kier molecular flexibility index (Phi) is 4.43. The first-order valence-corrected chi connectivity index (χ1v) is 13.3. The lowest BCUT2D eigenvalue weighted by Gasteiger charge is -2.60. The summed E-state index contributed by atoms with van der Waals surface area (Å²) in [6.07, 6.45) is 9.93. The van der Waals surface area contributed by atoms with E-state index in [9.17, 15) is 15.0 Å². The van der Waals surface area contributed by atoms with E-state index >= 15 is 0 Å². The first-order valence-electron chi connectivity index (χ1n) is 13.3. The van der Waals surface area contributed by atoms with Crippen LogP contribution in [-0.4, -0.2) is 69.8 Å². The van der Waals surface area contributed by atoms with Crippen LogP contribution in [0.3, 0.4) is 0 Å². The zero-order valence-electron chi connectivity index (χ0n) is 19.5. The fraction of sp³-hybridized carbons (Fsp3) is 0.741. The van der Waals surface area contributed by atoms with E-state index in [1.165, 1.54) is 31.2 Å². The number of aliphatic hydroxyl groups is 1. The molecule has 6 aliphatic rings. The molecule has 4 fully saturated rings. The Morgan fingerprint density at radius 1 is 1.09 bits per heavy atom. The molecule has 4 atom stereocenters. The van der Waals surface area contributed by atoms with Crippen molar-refractivity contribution < 1.29 is 19.7 Å². The topological polar surface area (TPSA) is 73.2 Å². The van der Waals surface area contributed by atoms with Crippen LogP contribution in [0.2, 0.25) is 0 Å². The molecule has 0 radical (unpaired) electrons. The average Bonchev–Trinajstić information content (AvgIpc) is 3.38. The third-order valence-corrected chi connectivity index (χ3v) is 10.1. The summed E-state index contributed by atoms with van der Waals surface area (Å²) < 4.78 is 6.51. The maximum Gasteiger partial charge on any atom is 0.222 e. The van der Waals surface area contributed by atoms with E-state index in [-0.39, 0.29) is 23.8 Å². The molecule has 3 aliphatic carbocycles. The molecule has 178 valence electrons. The monoisotopic (exact) mass is 452 g/mol. The van der Waals surface area contributed by atoms with Crippen LogP contribution in [0.5, 0.6) is 11.5 Å². The van der Waals surface area contributed by atoms with Gasteiger partial charge in [0.2, 0.25) is 5.91 Å². The van der Waals surface area contributed by atoms with E-state index in [2.05, 4.69) is 4.90 Å². The SMILES string of the molecule is O=C(CC1CCCC1)N1CC[C@@]2(O)[C@H]3Cc4ccc(O)c5c4[C@@]2(CCN3CC2CC2)[C@H](C1)O5. The van der Waals surface area contributed by atoms with E-state index in [4.69, 9.17) is 4.74 Å². The van der Waals surface area contributed by atoms with Crippen LogP contribution in [0.4, 0.5) is 0 Å². The number of ether oxygens (including phenoxy) is 1. The van der Waals surface area contributed by atoms with Crippen molar-refractivity contribution in [3.8, 4) is 11.5 Å². The predicted molar refractivity (Wildman–Crippen MR) is 123 cm³/mol. The standard InChI is InChI=1S/C27H36N2O4/c30-20-8-7-19-14-21-27(32)10-12-29(23(31)13-17-3-1-2-4-17)16-22-26(27,24(19)25(20)33-22)9-11-28(21)15-18-5-6-18/h7-8,17-18,21-22,30,32H,1-6,9-16H2/t21-,22+,26-,27-/m1/s1. The number of rotatable bonds is 4. The van der Waals surface area contributed by atoms with Crippen molar-refractivity contribution in [1.82, 2.24) is 9.80 Å².